The fraction of sp³-hybridized carbons (Fsp3) is 0.261. The molecular weight excluding hydrogens is 472 g/mol. The van der Waals surface area contributed by atoms with Crippen molar-refractivity contribution in [2.75, 3.05) is 45.1 Å². The number of carbonyl (C=O) groups is 1. The maximum Gasteiger partial charge on any atom is 0.257 e. The largest absolute Gasteiger partial charge is 0.384 e. The number of halogens is 1. The number of para-hydroxylation sites is 2. The molecular formula is C23H23BrN6O2. The lowest BCUT2D eigenvalue weighted by Crippen LogP contribution is -2.41. The Balaban J connectivity index is 1.54. The number of nitrogen functional groups attached to an aromatic ring is 1. The quantitative estimate of drug-likeness (QED) is 0.442. The zero-order valence-corrected chi connectivity index (χ0v) is 19.0. The van der Waals surface area contributed by atoms with E-state index in [9.17, 15) is 4.79 Å². The van der Waals surface area contributed by atoms with Gasteiger partial charge in [0.1, 0.15) is 16.9 Å². The first-order valence-electron chi connectivity index (χ1n) is 10.5. The maximum atomic E-state index is 13.2. The Bertz CT molecular complexity index is 1280. The molecule has 164 valence electrons. The molecule has 9 heteroatoms. The minimum atomic E-state index is -0.249. The van der Waals surface area contributed by atoms with Crippen LogP contribution in [0.15, 0.2) is 53.0 Å². The van der Waals surface area contributed by atoms with Gasteiger partial charge in [-0.3, -0.25) is 14.3 Å². The lowest BCUT2D eigenvalue weighted by molar-refractivity contribution is 0.0383. The second kappa shape index (κ2) is 8.85. The molecule has 1 aliphatic rings. The Morgan fingerprint density at radius 3 is 2.47 bits per heavy atom. The van der Waals surface area contributed by atoms with E-state index in [1.165, 1.54) is 0 Å². The van der Waals surface area contributed by atoms with Gasteiger partial charge in [0.15, 0.2) is 5.65 Å². The predicted molar refractivity (Wildman–Crippen MR) is 128 cm³/mol. The molecule has 2 aromatic carbocycles. The SMILES string of the molecule is Nc1c(C(=O)NCCN2CCOCC2)c2nc3ccccc3nc2n1-c1ccc(Br)cc1. The van der Waals surface area contributed by atoms with Crippen LogP contribution in [0, 0.1) is 0 Å². The molecule has 0 aliphatic carbocycles. The van der Waals surface area contributed by atoms with Gasteiger partial charge in [-0.1, -0.05) is 28.1 Å². The van der Waals surface area contributed by atoms with Gasteiger partial charge < -0.3 is 15.8 Å². The van der Waals surface area contributed by atoms with Crippen molar-refractivity contribution in [3.05, 3.63) is 58.6 Å². The second-order valence-electron chi connectivity index (χ2n) is 7.67. The van der Waals surface area contributed by atoms with Crippen molar-refractivity contribution in [3.8, 4) is 5.69 Å². The van der Waals surface area contributed by atoms with E-state index in [0.29, 0.717) is 29.1 Å². The summed E-state index contributed by atoms with van der Waals surface area (Å²) in [4.78, 5) is 25.1. The first-order valence-corrected chi connectivity index (χ1v) is 11.3. The number of hydrogen-bond acceptors (Lipinski definition) is 6. The van der Waals surface area contributed by atoms with Gasteiger partial charge in [-0.25, -0.2) is 9.97 Å². The zero-order valence-electron chi connectivity index (χ0n) is 17.4. The lowest BCUT2D eigenvalue weighted by Gasteiger charge is -2.26. The Labute approximate surface area is 193 Å². The Kier molecular flexibility index (Phi) is 5.77. The van der Waals surface area contributed by atoms with E-state index in [1.807, 2.05) is 48.5 Å². The van der Waals surface area contributed by atoms with E-state index in [0.717, 1.165) is 54.0 Å². The smallest absolute Gasteiger partial charge is 0.257 e. The van der Waals surface area contributed by atoms with E-state index < -0.39 is 0 Å². The van der Waals surface area contributed by atoms with Crippen molar-refractivity contribution in [3.63, 3.8) is 0 Å². The molecule has 2 aromatic heterocycles. The molecule has 4 aromatic rings. The summed E-state index contributed by atoms with van der Waals surface area (Å²) in [5, 5.41) is 3.01. The fourth-order valence-corrected chi connectivity index (χ4v) is 4.24. The van der Waals surface area contributed by atoms with Gasteiger partial charge in [-0.05, 0) is 36.4 Å². The number of amides is 1. The van der Waals surface area contributed by atoms with Gasteiger partial charge in [0, 0.05) is 36.3 Å². The van der Waals surface area contributed by atoms with Gasteiger partial charge in [0.25, 0.3) is 5.91 Å². The Morgan fingerprint density at radius 1 is 1.06 bits per heavy atom. The van der Waals surface area contributed by atoms with Crippen molar-refractivity contribution >= 4 is 49.9 Å². The topological polar surface area (TPSA) is 98.3 Å². The highest BCUT2D eigenvalue weighted by Crippen LogP contribution is 2.31. The van der Waals surface area contributed by atoms with E-state index in [-0.39, 0.29) is 5.91 Å². The molecule has 8 nitrogen and oxygen atoms in total. The van der Waals surface area contributed by atoms with Crippen LogP contribution in [0.1, 0.15) is 10.4 Å². The van der Waals surface area contributed by atoms with Crippen LogP contribution in [-0.2, 0) is 4.74 Å². The Hall–Kier alpha value is -3.01. The van der Waals surface area contributed by atoms with Crippen LogP contribution in [0.2, 0.25) is 0 Å². The van der Waals surface area contributed by atoms with Crippen LogP contribution in [0.3, 0.4) is 0 Å². The van der Waals surface area contributed by atoms with Gasteiger partial charge in [-0.15, -0.1) is 0 Å². The summed E-state index contributed by atoms with van der Waals surface area (Å²) in [6, 6.07) is 15.3. The third-order valence-electron chi connectivity index (χ3n) is 5.63. The summed E-state index contributed by atoms with van der Waals surface area (Å²) in [5.74, 6) is 0.0719. The monoisotopic (exact) mass is 494 g/mol. The van der Waals surface area contributed by atoms with Crippen LogP contribution in [-0.4, -0.2) is 64.7 Å². The number of fused-ring (bicyclic) bond motifs is 2. The molecule has 0 radical (unpaired) electrons. The lowest BCUT2D eigenvalue weighted by atomic mass is 10.2. The molecule has 0 saturated carbocycles. The van der Waals surface area contributed by atoms with Gasteiger partial charge in [-0.2, -0.15) is 0 Å². The molecule has 3 heterocycles. The average Bonchev–Trinajstić information content (AvgIpc) is 3.09. The molecule has 32 heavy (non-hydrogen) atoms. The van der Waals surface area contributed by atoms with Crippen LogP contribution in [0.25, 0.3) is 27.9 Å². The number of hydrogen-bond donors (Lipinski definition) is 2. The number of carbonyl (C=O) groups excluding carboxylic acids is 1. The molecule has 0 unspecified atom stereocenters. The number of aromatic nitrogens is 3. The number of morpholine rings is 1. The summed E-state index contributed by atoms with van der Waals surface area (Å²) in [6.07, 6.45) is 0. The number of rotatable bonds is 5. The number of nitrogens with zero attached hydrogens (tertiary/aromatic N) is 4. The maximum absolute atomic E-state index is 13.2. The van der Waals surface area contributed by atoms with E-state index >= 15 is 0 Å². The number of benzene rings is 2. The highest BCUT2D eigenvalue weighted by atomic mass is 79.9. The molecule has 1 aliphatic heterocycles. The number of nitrogens with two attached hydrogens (primary N) is 1. The third-order valence-corrected chi connectivity index (χ3v) is 6.16. The van der Waals surface area contributed by atoms with Crippen LogP contribution >= 0.6 is 15.9 Å². The normalized spacial score (nSPS) is 14.8. The Morgan fingerprint density at radius 2 is 1.75 bits per heavy atom. The summed E-state index contributed by atoms with van der Waals surface area (Å²) in [6.45, 7) is 4.48. The molecule has 3 N–H and O–H groups in total. The van der Waals surface area contributed by atoms with Crippen molar-refractivity contribution in [2.45, 2.75) is 0 Å². The number of nitrogens with one attached hydrogen (secondary N) is 1. The fourth-order valence-electron chi connectivity index (χ4n) is 3.98. The first kappa shape index (κ1) is 20.9. The zero-order chi connectivity index (χ0) is 22.1. The van der Waals surface area contributed by atoms with E-state index in [2.05, 4.69) is 26.1 Å². The summed E-state index contributed by atoms with van der Waals surface area (Å²) in [7, 11) is 0. The second-order valence-corrected chi connectivity index (χ2v) is 8.58. The molecule has 1 fully saturated rings. The minimum Gasteiger partial charge on any atom is -0.384 e. The summed E-state index contributed by atoms with van der Waals surface area (Å²) >= 11 is 3.46. The van der Waals surface area contributed by atoms with Gasteiger partial charge >= 0.3 is 0 Å². The van der Waals surface area contributed by atoms with Crippen molar-refractivity contribution in [1.82, 2.24) is 24.8 Å². The van der Waals surface area contributed by atoms with Crippen molar-refractivity contribution in [2.24, 2.45) is 0 Å². The number of ether oxygens (including phenoxy) is 1. The van der Waals surface area contributed by atoms with Crippen LogP contribution in [0.4, 0.5) is 5.82 Å². The first-order chi connectivity index (χ1) is 15.6. The van der Waals surface area contributed by atoms with Crippen molar-refractivity contribution < 1.29 is 9.53 Å². The van der Waals surface area contributed by atoms with Crippen molar-refractivity contribution in [1.29, 1.82) is 0 Å². The molecule has 5 rings (SSSR count). The van der Waals surface area contributed by atoms with Crippen LogP contribution in [0.5, 0.6) is 0 Å². The standard InChI is InChI=1S/C23H23BrN6O2/c24-15-5-7-16(8-6-15)30-21(25)19(23(31)26-9-10-29-11-13-32-14-12-29)20-22(30)28-18-4-2-1-3-17(18)27-20/h1-8H,9-14,25H2,(H,26,31). The highest BCUT2D eigenvalue weighted by Gasteiger charge is 2.25. The average molecular weight is 495 g/mol. The summed E-state index contributed by atoms with van der Waals surface area (Å²) in [5.41, 5.74) is 10.2. The molecule has 0 atom stereocenters. The minimum absolute atomic E-state index is 0.249. The molecule has 0 spiro atoms. The third kappa shape index (κ3) is 3.94. The molecule has 1 amide bonds. The van der Waals surface area contributed by atoms with Gasteiger partial charge in [0.2, 0.25) is 0 Å². The summed E-state index contributed by atoms with van der Waals surface area (Å²) < 4.78 is 8.12. The molecule has 1 saturated heterocycles. The predicted octanol–water partition coefficient (Wildman–Crippen LogP) is 2.98. The molecule has 0 bridgehead atoms. The van der Waals surface area contributed by atoms with E-state index in [1.54, 1.807) is 4.57 Å². The van der Waals surface area contributed by atoms with Crippen LogP contribution < -0.4 is 11.1 Å². The highest BCUT2D eigenvalue weighted by molar-refractivity contribution is 9.10. The van der Waals surface area contributed by atoms with Gasteiger partial charge in [0.05, 0.1) is 24.2 Å². The number of anilines is 1. The van der Waals surface area contributed by atoms with E-state index in [4.69, 9.17) is 20.4 Å².